The molecule has 3 nitrogen and oxygen atoms in total. The standard InChI is InChI=1S/C27H37ClFNO2/c1-5-7-10-21(19(3)27(31)30-23-15-16-25(29)24(28)18-23)11-8-9-12-22-14-13-20(6-2)17-26(22)32-4/h13-19,21H,5-12H2,1-4H3,(H,30,31). The minimum Gasteiger partial charge on any atom is -0.496 e. The van der Waals surface area contributed by atoms with Gasteiger partial charge in [-0.25, -0.2) is 4.39 Å². The van der Waals surface area contributed by atoms with Crippen molar-refractivity contribution in [3.8, 4) is 5.75 Å². The fourth-order valence-electron chi connectivity index (χ4n) is 4.09. The molecule has 0 fully saturated rings. The zero-order valence-corrected chi connectivity index (χ0v) is 20.6. The predicted octanol–water partition coefficient (Wildman–Crippen LogP) is 7.84. The Morgan fingerprint density at radius 3 is 2.50 bits per heavy atom. The molecule has 0 aromatic heterocycles. The lowest BCUT2D eigenvalue weighted by atomic mass is 9.84. The Labute approximate surface area is 197 Å². The molecule has 2 aromatic carbocycles. The maximum Gasteiger partial charge on any atom is 0.227 e. The van der Waals surface area contributed by atoms with Gasteiger partial charge in [0, 0.05) is 11.6 Å². The molecule has 2 atom stereocenters. The smallest absolute Gasteiger partial charge is 0.227 e. The zero-order valence-electron chi connectivity index (χ0n) is 19.8. The fraction of sp³-hybridized carbons (Fsp3) is 0.519. The first kappa shape index (κ1) is 26.2. The van der Waals surface area contributed by atoms with E-state index in [9.17, 15) is 9.18 Å². The van der Waals surface area contributed by atoms with E-state index >= 15 is 0 Å². The fourth-order valence-corrected chi connectivity index (χ4v) is 4.27. The van der Waals surface area contributed by atoms with Gasteiger partial charge in [-0.2, -0.15) is 0 Å². The molecule has 1 amide bonds. The molecule has 5 heteroatoms. The van der Waals surface area contributed by atoms with Gasteiger partial charge in [0.1, 0.15) is 11.6 Å². The third kappa shape index (κ3) is 7.81. The van der Waals surface area contributed by atoms with Gasteiger partial charge in [-0.1, -0.05) is 63.8 Å². The lowest BCUT2D eigenvalue weighted by Gasteiger charge is -2.23. The number of ether oxygens (including phenoxy) is 1. The van der Waals surface area contributed by atoms with Crippen LogP contribution in [-0.2, 0) is 17.6 Å². The Balaban J connectivity index is 1.92. The van der Waals surface area contributed by atoms with Crippen molar-refractivity contribution in [3.05, 3.63) is 58.4 Å². The third-order valence-electron chi connectivity index (χ3n) is 6.27. The highest BCUT2D eigenvalue weighted by Crippen LogP contribution is 2.28. The summed E-state index contributed by atoms with van der Waals surface area (Å²) in [5, 5.41) is 2.92. The number of benzene rings is 2. The molecule has 0 aliphatic carbocycles. The van der Waals surface area contributed by atoms with Crippen molar-refractivity contribution < 1.29 is 13.9 Å². The van der Waals surface area contributed by atoms with Crippen LogP contribution in [0.15, 0.2) is 36.4 Å². The van der Waals surface area contributed by atoms with Crippen LogP contribution < -0.4 is 10.1 Å². The van der Waals surface area contributed by atoms with E-state index in [0.717, 1.165) is 57.1 Å². The molecule has 32 heavy (non-hydrogen) atoms. The van der Waals surface area contributed by atoms with Crippen molar-refractivity contribution in [1.82, 2.24) is 0 Å². The SMILES string of the molecule is CCCCC(CCCCc1ccc(CC)cc1OC)C(C)C(=O)Nc1ccc(F)c(Cl)c1. The summed E-state index contributed by atoms with van der Waals surface area (Å²) in [6.07, 6.45) is 8.36. The van der Waals surface area contributed by atoms with E-state index in [1.54, 1.807) is 13.2 Å². The largest absolute Gasteiger partial charge is 0.496 e. The Kier molecular flexibility index (Phi) is 11.0. The van der Waals surface area contributed by atoms with Gasteiger partial charge < -0.3 is 10.1 Å². The third-order valence-corrected chi connectivity index (χ3v) is 6.56. The first-order valence-electron chi connectivity index (χ1n) is 11.8. The highest BCUT2D eigenvalue weighted by molar-refractivity contribution is 6.31. The monoisotopic (exact) mass is 461 g/mol. The van der Waals surface area contributed by atoms with E-state index in [0.29, 0.717) is 11.6 Å². The Morgan fingerprint density at radius 2 is 1.84 bits per heavy atom. The van der Waals surface area contributed by atoms with E-state index in [-0.39, 0.29) is 16.8 Å². The summed E-state index contributed by atoms with van der Waals surface area (Å²) < 4.78 is 19.0. The van der Waals surface area contributed by atoms with Crippen LogP contribution in [0.1, 0.15) is 70.4 Å². The topological polar surface area (TPSA) is 38.3 Å². The van der Waals surface area contributed by atoms with Crippen LogP contribution in [0.2, 0.25) is 5.02 Å². The molecular formula is C27H37ClFNO2. The van der Waals surface area contributed by atoms with Crippen LogP contribution in [0, 0.1) is 17.7 Å². The normalized spacial score (nSPS) is 12.9. The Morgan fingerprint density at radius 1 is 1.09 bits per heavy atom. The van der Waals surface area contributed by atoms with E-state index in [1.807, 2.05) is 6.92 Å². The number of unbranched alkanes of at least 4 members (excludes halogenated alkanes) is 2. The van der Waals surface area contributed by atoms with Gasteiger partial charge in [0.05, 0.1) is 12.1 Å². The highest BCUT2D eigenvalue weighted by atomic mass is 35.5. The molecule has 0 saturated heterocycles. The molecule has 0 radical (unpaired) electrons. The van der Waals surface area contributed by atoms with E-state index in [2.05, 4.69) is 37.4 Å². The average Bonchev–Trinajstić information content (AvgIpc) is 2.80. The van der Waals surface area contributed by atoms with Gasteiger partial charge in [0.15, 0.2) is 0 Å². The van der Waals surface area contributed by atoms with Crippen molar-refractivity contribution in [3.63, 3.8) is 0 Å². The molecule has 0 aliphatic heterocycles. The average molecular weight is 462 g/mol. The van der Waals surface area contributed by atoms with Crippen molar-refractivity contribution in [2.75, 3.05) is 12.4 Å². The van der Waals surface area contributed by atoms with Crippen molar-refractivity contribution in [2.45, 2.75) is 72.1 Å². The number of hydrogen-bond donors (Lipinski definition) is 1. The zero-order chi connectivity index (χ0) is 23.5. The van der Waals surface area contributed by atoms with E-state index in [1.165, 1.54) is 23.3 Å². The summed E-state index contributed by atoms with van der Waals surface area (Å²) in [4.78, 5) is 12.8. The molecule has 0 aliphatic rings. The van der Waals surface area contributed by atoms with Gasteiger partial charge in [-0.05, 0) is 73.4 Å². The number of carbonyl (C=O) groups is 1. The second-order valence-electron chi connectivity index (χ2n) is 8.55. The first-order chi connectivity index (χ1) is 15.4. The highest BCUT2D eigenvalue weighted by Gasteiger charge is 2.23. The predicted molar refractivity (Wildman–Crippen MR) is 132 cm³/mol. The summed E-state index contributed by atoms with van der Waals surface area (Å²) >= 11 is 5.85. The lowest BCUT2D eigenvalue weighted by Crippen LogP contribution is -2.27. The van der Waals surface area contributed by atoms with Crippen molar-refractivity contribution >= 4 is 23.2 Å². The molecule has 176 valence electrons. The van der Waals surface area contributed by atoms with Crippen LogP contribution in [0.4, 0.5) is 10.1 Å². The van der Waals surface area contributed by atoms with E-state index < -0.39 is 5.82 Å². The Hall–Kier alpha value is -2.07. The molecular weight excluding hydrogens is 425 g/mol. The van der Waals surface area contributed by atoms with Crippen LogP contribution >= 0.6 is 11.6 Å². The number of nitrogens with one attached hydrogen (secondary N) is 1. The number of rotatable bonds is 13. The molecule has 0 spiro atoms. The minimum absolute atomic E-state index is 0.0142. The van der Waals surface area contributed by atoms with Gasteiger partial charge in [0.25, 0.3) is 0 Å². The second kappa shape index (κ2) is 13.5. The van der Waals surface area contributed by atoms with Gasteiger partial charge in [-0.15, -0.1) is 0 Å². The van der Waals surface area contributed by atoms with Gasteiger partial charge in [-0.3, -0.25) is 4.79 Å². The number of anilines is 1. The van der Waals surface area contributed by atoms with Crippen LogP contribution in [0.3, 0.4) is 0 Å². The number of halogens is 2. The molecule has 2 unspecified atom stereocenters. The maximum absolute atomic E-state index is 13.4. The molecule has 2 aromatic rings. The summed E-state index contributed by atoms with van der Waals surface area (Å²) in [7, 11) is 1.73. The number of amides is 1. The van der Waals surface area contributed by atoms with Crippen molar-refractivity contribution in [2.24, 2.45) is 11.8 Å². The number of carbonyl (C=O) groups excluding carboxylic acids is 1. The summed E-state index contributed by atoms with van der Waals surface area (Å²) in [5.74, 6) is 0.640. The minimum atomic E-state index is -0.487. The second-order valence-corrected chi connectivity index (χ2v) is 8.96. The molecule has 0 bridgehead atoms. The summed E-state index contributed by atoms with van der Waals surface area (Å²) in [6, 6.07) is 10.8. The molecule has 0 saturated carbocycles. The van der Waals surface area contributed by atoms with Crippen molar-refractivity contribution in [1.29, 1.82) is 0 Å². The summed E-state index contributed by atoms with van der Waals surface area (Å²) in [6.45, 7) is 6.31. The lowest BCUT2D eigenvalue weighted by molar-refractivity contribution is -0.121. The maximum atomic E-state index is 13.4. The van der Waals surface area contributed by atoms with Crippen LogP contribution in [-0.4, -0.2) is 13.0 Å². The van der Waals surface area contributed by atoms with E-state index in [4.69, 9.17) is 16.3 Å². The van der Waals surface area contributed by atoms with Gasteiger partial charge >= 0.3 is 0 Å². The quantitative estimate of drug-likeness (QED) is 0.308. The first-order valence-corrected chi connectivity index (χ1v) is 12.2. The van der Waals surface area contributed by atoms with Crippen LogP contribution in [0.5, 0.6) is 5.75 Å². The summed E-state index contributed by atoms with van der Waals surface area (Å²) in [5.41, 5.74) is 3.06. The molecule has 0 heterocycles. The number of methoxy groups -OCH3 is 1. The number of hydrogen-bond acceptors (Lipinski definition) is 2. The van der Waals surface area contributed by atoms with Crippen LogP contribution in [0.25, 0.3) is 0 Å². The number of aryl methyl sites for hydroxylation is 2. The van der Waals surface area contributed by atoms with Gasteiger partial charge in [0.2, 0.25) is 5.91 Å². The Bertz CT molecular complexity index is 871. The molecule has 1 N–H and O–H groups in total. The molecule has 2 rings (SSSR count).